The Labute approximate surface area is 357 Å². The summed E-state index contributed by atoms with van der Waals surface area (Å²) in [6.45, 7) is 0. The Morgan fingerprint density at radius 2 is 1.02 bits per heavy atom. The van der Waals surface area contributed by atoms with E-state index in [4.69, 9.17) is 9.97 Å². The molecule has 4 heterocycles. The van der Waals surface area contributed by atoms with E-state index in [1.54, 1.807) is 0 Å². The zero-order valence-electron chi connectivity index (χ0n) is 32.6. The maximum absolute atomic E-state index is 5.62. The van der Waals surface area contributed by atoms with Gasteiger partial charge in [0.2, 0.25) is 5.95 Å². The van der Waals surface area contributed by atoms with Crippen LogP contribution >= 0.6 is 22.7 Å². The molecule has 0 fully saturated rings. The van der Waals surface area contributed by atoms with Crippen LogP contribution in [0.3, 0.4) is 0 Å². The SMILES string of the molecule is c1ccc2c(-c3nc(-n4c5ccc(-c6ccc7sc8ccc9ccccc9c8c7c6)cc5c5c6c7ccccc7sc6c6ccccc6c54)nc4ccccc34)cccc2c1. The molecule has 3 nitrogen and oxygen atoms in total. The average molecular weight is 810 g/mol. The standard InChI is InChI=1S/C56H31N3S2/c1-3-15-36-32(12-1)14-11-21-38(36)53-41-19-7-9-22-45(41)57-56(58-53)59-46-27-24-34(35-26-28-48-44(31-35)50-37-16-4-2-13-33(37)25-29-49(50)60-48)30-43(46)51-52-42-20-8-10-23-47(42)61-55(52)40-18-6-5-17-39(40)54(51)59/h1-31H. The lowest BCUT2D eigenvalue weighted by atomic mass is 9.97. The number of hydrogen-bond acceptors (Lipinski definition) is 4. The van der Waals surface area contributed by atoms with E-state index in [-0.39, 0.29) is 0 Å². The van der Waals surface area contributed by atoms with Crippen LogP contribution < -0.4 is 0 Å². The van der Waals surface area contributed by atoms with Crippen LogP contribution in [0.1, 0.15) is 0 Å². The van der Waals surface area contributed by atoms with Crippen LogP contribution in [-0.4, -0.2) is 14.5 Å². The van der Waals surface area contributed by atoms with Gasteiger partial charge in [0.1, 0.15) is 0 Å². The molecule has 0 bridgehead atoms. The second kappa shape index (κ2) is 12.5. The first-order chi connectivity index (χ1) is 30.2. The lowest BCUT2D eigenvalue weighted by molar-refractivity contribution is 1.02. The zero-order valence-corrected chi connectivity index (χ0v) is 34.2. The summed E-state index contributed by atoms with van der Waals surface area (Å²) in [5.41, 5.74) is 7.54. The second-order valence-electron chi connectivity index (χ2n) is 16.0. The number of thiophene rings is 2. The Kier molecular flexibility index (Phi) is 6.87. The molecular formula is C56H31N3S2. The molecule has 0 unspecified atom stereocenters. The molecule has 0 amide bonds. The minimum atomic E-state index is 0.663. The highest BCUT2D eigenvalue weighted by Crippen LogP contribution is 2.49. The molecule has 0 spiro atoms. The first-order valence-electron chi connectivity index (χ1n) is 20.6. The van der Waals surface area contributed by atoms with Gasteiger partial charge in [0.15, 0.2) is 0 Å². The molecule has 282 valence electrons. The van der Waals surface area contributed by atoms with Crippen molar-refractivity contribution in [3.05, 3.63) is 188 Å². The van der Waals surface area contributed by atoms with Gasteiger partial charge in [-0.3, -0.25) is 4.57 Å². The number of rotatable bonds is 3. The van der Waals surface area contributed by atoms with E-state index < -0.39 is 0 Å². The molecular weight excluding hydrogens is 779 g/mol. The fraction of sp³-hybridized carbons (Fsp3) is 0. The lowest BCUT2D eigenvalue weighted by Gasteiger charge is -2.14. The number of fused-ring (bicyclic) bond motifs is 17. The van der Waals surface area contributed by atoms with Crippen LogP contribution in [0.5, 0.6) is 0 Å². The van der Waals surface area contributed by atoms with E-state index in [9.17, 15) is 0 Å². The van der Waals surface area contributed by atoms with Gasteiger partial charge in [0, 0.05) is 72.8 Å². The summed E-state index contributed by atoms with van der Waals surface area (Å²) in [6, 6.07) is 68.7. The van der Waals surface area contributed by atoms with Crippen LogP contribution in [-0.2, 0) is 0 Å². The summed E-state index contributed by atoms with van der Waals surface area (Å²) >= 11 is 3.76. The molecule has 14 aromatic rings. The van der Waals surface area contributed by atoms with Crippen LogP contribution in [0.15, 0.2) is 188 Å². The minimum Gasteiger partial charge on any atom is -0.277 e. The van der Waals surface area contributed by atoms with Gasteiger partial charge in [-0.05, 0) is 75.1 Å². The largest absolute Gasteiger partial charge is 0.277 e. The van der Waals surface area contributed by atoms with Crippen LogP contribution in [0.2, 0.25) is 0 Å². The predicted molar refractivity (Wildman–Crippen MR) is 263 cm³/mol. The van der Waals surface area contributed by atoms with Crippen molar-refractivity contribution in [2.45, 2.75) is 0 Å². The Morgan fingerprint density at radius 1 is 0.377 bits per heavy atom. The fourth-order valence-electron chi connectivity index (χ4n) is 10.1. The number of hydrogen-bond donors (Lipinski definition) is 0. The van der Waals surface area contributed by atoms with E-state index in [2.05, 4.69) is 193 Å². The van der Waals surface area contributed by atoms with E-state index in [0.29, 0.717) is 5.95 Å². The topological polar surface area (TPSA) is 30.7 Å². The summed E-state index contributed by atoms with van der Waals surface area (Å²) in [5.74, 6) is 0.663. The Morgan fingerprint density at radius 3 is 1.89 bits per heavy atom. The monoisotopic (exact) mass is 809 g/mol. The third kappa shape index (κ3) is 4.73. The Bertz CT molecular complexity index is 4180. The van der Waals surface area contributed by atoms with Crippen molar-refractivity contribution >= 4 is 128 Å². The molecule has 0 N–H and O–H groups in total. The van der Waals surface area contributed by atoms with E-state index in [0.717, 1.165) is 33.2 Å². The van der Waals surface area contributed by atoms with E-state index >= 15 is 0 Å². The average Bonchev–Trinajstić information content (AvgIpc) is 4.01. The Balaban J connectivity index is 1.12. The molecule has 0 aliphatic rings. The van der Waals surface area contributed by atoms with Gasteiger partial charge < -0.3 is 0 Å². The van der Waals surface area contributed by atoms with Crippen molar-refractivity contribution in [2.24, 2.45) is 0 Å². The highest BCUT2D eigenvalue weighted by atomic mass is 32.1. The number of aromatic nitrogens is 3. The number of nitrogens with zero attached hydrogens (tertiary/aromatic N) is 3. The predicted octanol–water partition coefficient (Wildman–Crippen LogP) is 16.3. The van der Waals surface area contributed by atoms with Crippen molar-refractivity contribution in [1.29, 1.82) is 0 Å². The fourth-order valence-corrected chi connectivity index (χ4v) is 12.4. The van der Waals surface area contributed by atoms with Gasteiger partial charge in [-0.25, -0.2) is 9.97 Å². The maximum Gasteiger partial charge on any atom is 0.235 e. The van der Waals surface area contributed by atoms with E-state index in [1.807, 2.05) is 22.7 Å². The molecule has 61 heavy (non-hydrogen) atoms. The molecule has 0 saturated heterocycles. The summed E-state index contributed by atoms with van der Waals surface area (Å²) in [7, 11) is 0. The summed E-state index contributed by atoms with van der Waals surface area (Å²) in [5, 5.41) is 16.0. The molecule has 14 rings (SSSR count). The van der Waals surface area contributed by atoms with Crippen LogP contribution in [0.4, 0.5) is 0 Å². The summed E-state index contributed by atoms with van der Waals surface area (Å²) in [6.07, 6.45) is 0. The molecule has 0 saturated carbocycles. The lowest BCUT2D eigenvalue weighted by Crippen LogP contribution is -2.04. The molecule has 10 aromatic carbocycles. The van der Waals surface area contributed by atoms with Crippen molar-refractivity contribution in [1.82, 2.24) is 14.5 Å². The molecule has 0 aliphatic heterocycles. The first kappa shape index (κ1) is 33.4. The third-order valence-electron chi connectivity index (χ3n) is 12.8. The normalized spacial score (nSPS) is 12.3. The minimum absolute atomic E-state index is 0.663. The number of benzene rings is 10. The van der Waals surface area contributed by atoms with E-state index in [1.165, 1.54) is 94.6 Å². The van der Waals surface area contributed by atoms with Crippen LogP contribution in [0, 0.1) is 0 Å². The molecule has 4 aromatic heterocycles. The van der Waals surface area contributed by atoms with Gasteiger partial charge >= 0.3 is 0 Å². The van der Waals surface area contributed by atoms with Crippen LogP contribution in [0.25, 0.3) is 134 Å². The smallest absolute Gasteiger partial charge is 0.235 e. The van der Waals surface area contributed by atoms with Crippen molar-refractivity contribution in [3.8, 4) is 28.3 Å². The summed E-state index contributed by atoms with van der Waals surface area (Å²) in [4.78, 5) is 11.1. The zero-order chi connectivity index (χ0) is 39.8. The van der Waals surface area contributed by atoms with Gasteiger partial charge in [0.05, 0.1) is 22.2 Å². The molecule has 0 radical (unpaired) electrons. The second-order valence-corrected chi connectivity index (χ2v) is 18.2. The van der Waals surface area contributed by atoms with Gasteiger partial charge in [-0.1, -0.05) is 146 Å². The molecule has 0 aliphatic carbocycles. The highest BCUT2D eigenvalue weighted by Gasteiger charge is 2.25. The highest BCUT2D eigenvalue weighted by molar-refractivity contribution is 7.27. The van der Waals surface area contributed by atoms with Gasteiger partial charge in [-0.15, -0.1) is 22.7 Å². The van der Waals surface area contributed by atoms with Gasteiger partial charge in [0.25, 0.3) is 0 Å². The van der Waals surface area contributed by atoms with Crippen molar-refractivity contribution < 1.29 is 0 Å². The number of para-hydroxylation sites is 1. The van der Waals surface area contributed by atoms with Crippen molar-refractivity contribution in [3.63, 3.8) is 0 Å². The van der Waals surface area contributed by atoms with Gasteiger partial charge in [-0.2, -0.15) is 0 Å². The quantitative estimate of drug-likeness (QED) is 0.178. The Hall–Kier alpha value is -7.44. The maximum atomic E-state index is 5.62. The third-order valence-corrected chi connectivity index (χ3v) is 15.1. The summed E-state index contributed by atoms with van der Waals surface area (Å²) < 4.78 is 7.57. The first-order valence-corrected chi connectivity index (χ1v) is 22.3. The van der Waals surface area contributed by atoms with Crippen molar-refractivity contribution in [2.75, 3.05) is 0 Å². The molecule has 5 heteroatoms. The molecule has 0 atom stereocenters.